The molecule has 106 valence electrons. The predicted octanol–water partition coefficient (Wildman–Crippen LogP) is 3.30. The number of nitrogens with two attached hydrogens (primary N) is 1. The van der Waals surface area contributed by atoms with Crippen molar-refractivity contribution < 1.29 is 4.79 Å². The van der Waals surface area contributed by atoms with Crippen LogP contribution in [0, 0.1) is 0 Å². The summed E-state index contributed by atoms with van der Waals surface area (Å²) >= 11 is 9.32. The molecule has 0 aliphatic rings. The van der Waals surface area contributed by atoms with Crippen LogP contribution in [0.1, 0.15) is 12.8 Å². The zero-order valence-corrected chi connectivity index (χ0v) is 13.0. The van der Waals surface area contributed by atoms with Crippen molar-refractivity contribution in [1.82, 2.24) is 9.78 Å². The Morgan fingerprint density at radius 2 is 2.30 bits per heavy atom. The Kier molecular flexibility index (Phi) is 5.03. The normalized spacial score (nSPS) is 10.5. The number of halogens is 2. The smallest absolute Gasteiger partial charge is 0.224 e. The second kappa shape index (κ2) is 6.76. The molecule has 3 N–H and O–H groups in total. The first-order chi connectivity index (χ1) is 9.54. The van der Waals surface area contributed by atoms with Crippen molar-refractivity contribution in [2.24, 2.45) is 0 Å². The first-order valence-corrected chi connectivity index (χ1v) is 7.24. The third-order valence-electron chi connectivity index (χ3n) is 2.66. The second-order valence-electron chi connectivity index (χ2n) is 4.31. The lowest BCUT2D eigenvalue weighted by Crippen LogP contribution is -2.13. The minimum Gasteiger partial charge on any atom is -0.399 e. The lowest BCUT2D eigenvalue weighted by molar-refractivity contribution is -0.116. The van der Waals surface area contributed by atoms with Crippen LogP contribution < -0.4 is 11.1 Å². The van der Waals surface area contributed by atoms with E-state index >= 15 is 0 Å². The molecule has 1 amide bonds. The number of aryl methyl sites for hydroxylation is 1. The van der Waals surface area contributed by atoms with Crippen molar-refractivity contribution >= 4 is 44.8 Å². The molecule has 0 unspecified atom stereocenters. The number of benzene rings is 1. The number of nitrogen functional groups attached to an aromatic ring is 1. The predicted molar refractivity (Wildman–Crippen MR) is 83.7 cm³/mol. The van der Waals surface area contributed by atoms with Gasteiger partial charge in [-0.05, 0) is 40.5 Å². The van der Waals surface area contributed by atoms with Crippen LogP contribution in [0.3, 0.4) is 0 Å². The lowest BCUT2D eigenvalue weighted by Gasteiger charge is -2.08. The van der Waals surface area contributed by atoms with Gasteiger partial charge in [-0.1, -0.05) is 11.6 Å². The maximum absolute atomic E-state index is 11.8. The van der Waals surface area contributed by atoms with E-state index in [9.17, 15) is 4.79 Å². The van der Waals surface area contributed by atoms with Crippen LogP contribution in [0.5, 0.6) is 0 Å². The Balaban J connectivity index is 1.80. The summed E-state index contributed by atoms with van der Waals surface area (Å²) in [5.41, 5.74) is 6.74. The van der Waals surface area contributed by atoms with Gasteiger partial charge in [-0.15, -0.1) is 0 Å². The van der Waals surface area contributed by atoms with Crippen molar-refractivity contribution in [2.45, 2.75) is 19.4 Å². The SMILES string of the molecule is Nc1ccc(NC(=O)CCCn2cc(Br)cn2)c(Cl)c1. The van der Waals surface area contributed by atoms with Gasteiger partial charge in [0.2, 0.25) is 5.91 Å². The van der Waals surface area contributed by atoms with E-state index in [-0.39, 0.29) is 5.91 Å². The maximum Gasteiger partial charge on any atom is 0.224 e. The third kappa shape index (κ3) is 4.25. The fourth-order valence-electron chi connectivity index (χ4n) is 1.71. The number of amides is 1. The molecule has 0 radical (unpaired) electrons. The molecule has 7 heteroatoms. The Bertz CT molecular complexity index is 614. The Morgan fingerprint density at radius 1 is 1.50 bits per heavy atom. The minimum atomic E-state index is -0.0807. The highest BCUT2D eigenvalue weighted by Gasteiger charge is 2.06. The highest BCUT2D eigenvalue weighted by molar-refractivity contribution is 9.10. The standard InChI is InChI=1S/C13H14BrClN4O/c14-9-7-17-19(8-9)5-1-2-13(20)18-12-4-3-10(16)6-11(12)15/h3-4,6-8H,1-2,5,16H2,(H,18,20). The highest BCUT2D eigenvalue weighted by Crippen LogP contribution is 2.24. The van der Waals surface area contributed by atoms with Crippen LogP contribution in [0.15, 0.2) is 35.1 Å². The van der Waals surface area contributed by atoms with Gasteiger partial charge in [0.1, 0.15) is 0 Å². The molecule has 20 heavy (non-hydrogen) atoms. The van der Waals surface area contributed by atoms with E-state index in [4.69, 9.17) is 17.3 Å². The van der Waals surface area contributed by atoms with Crippen LogP contribution in [0.2, 0.25) is 5.02 Å². The fraction of sp³-hybridized carbons (Fsp3) is 0.231. The Morgan fingerprint density at radius 3 is 2.95 bits per heavy atom. The molecule has 0 fully saturated rings. The molecule has 5 nitrogen and oxygen atoms in total. The lowest BCUT2D eigenvalue weighted by atomic mass is 10.2. The van der Waals surface area contributed by atoms with Gasteiger partial charge in [0.05, 0.1) is 21.4 Å². The van der Waals surface area contributed by atoms with Crippen LogP contribution in [0.4, 0.5) is 11.4 Å². The molecule has 0 saturated carbocycles. The van der Waals surface area contributed by atoms with Crippen molar-refractivity contribution in [3.05, 3.63) is 40.1 Å². The summed E-state index contributed by atoms with van der Waals surface area (Å²) in [5, 5.41) is 7.33. The summed E-state index contributed by atoms with van der Waals surface area (Å²) in [6, 6.07) is 5.00. The van der Waals surface area contributed by atoms with Crippen LogP contribution >= 0.6 is 27.5 Å². The molecular formula is C13H14BrClN4O. The molecular weight excluding hydrogens is 344 g/mol. The highest BCUT2D eigenvalue weighted by atomic mass is 79.9. The summed E-state index contributed by atoms with van der Waals surface area (Å²) in [6.45, 7) is 0.689. The summed E-state index contributed by atoms with van der Waals surface area (Å²) in [4.78, 5) is 11.8. The van der Waals surface area contributed by atoms with Crippen molar-refractivity contribution in [3.63, 3.8) is 0 Å². The van der Waals surface area contributed by atoms with Crippen LogP contribution in [0.25, 0.3) is 0 Å². The maximum atomic E-state index is 11.8. The number of anilines is 2. The van der Waals surface area contributed by atoms with Gasteiger partial charge in [-0.3, -0.25) is 9.48 Å². The Hall–Kier alpha value is -1.53. The molecule has 0 atom stereocenters. The number of nitrogens with one attached hydrogen (secondary N) is 1. The molecule has 1 aromatic heterocycles. The zero-order valence-electron chi connectivity index (χ0n) is 10.6. The fourth-order valence-corrected chi connectivity index (χ4v) is 2.27. The molecule has 1 aromatic carbocycles. The molecule has 0 bridgehead atoms. The summed E-state index contributed by atoms with van der Waals surface area (Å²) in [6.07, 6.45) is 4.69. The minimum absolute atomic E-state index is 0.0807. The number of hydrogen-bond donors (Lipinski definition) is 2. The van der Waals surface area contributed by atoms with Crippen molar-refractivity contribution in [2.75, 3.05) is 11.1 Å². The summed E-state index contributed by atoms with van der Waals surface area (Å²) in [7, 11) is 0. The van der Waals surface area contributed by atoms with E-state index in [2.05, 4.69) is 26.3 Å². The molecule has 0 aliphatic carbocycles. The number of hydrogen-bond acceptors (Lipinski definition) is 3. The first kappa shape index (κ1) is 14.9. The van der Waals surface area contributed by atoms with E-state index in [1.165, 1.54) is 0 Å². The van der Waals surface area contributed by atoms with Gasteiger partial charge < -0.3 is 11.1 Å². The quantitative estimate of drug-likeness (QED) is 0.806. The second-order valence-corrected chi connectivity index (χ2v) is 5.64. The summed E-state index contributed by atoms with van der Waals surface area (Å²) < 4.78 is 2.71. The Labute approximate surface area is 130 Å². The van der Waals surface area contributed by atoms with E-state index in [1.54, 1.807) is 29.1 Å². The monoisotopic (exact) mass is 356 g/mol. The van der Waals surface area contributed by atoms with Crippen molar-refractivity contribution in [3.8, 4) is 0 Å². The molecule has 2 aromatic rings. The van der Waals surface area contributed by atoms with Gasteiger partial charge in [0, 0.05) is 24.8 Å². The van der Waals surface area contributed by atoms with E-state index in [0.717, 1.165) is 4.47 Å². The number of carbonyl (C=O) groups is 1. The van der Waals surface area contributed by atoms with Gasteiger partial charge in [0.25, 0.3) is 0 Å². The van der Waals surface area contributed by atoms with E-state index < -0.39 is 0 Å². The van der Waals surface area contributed by atoms with Crippen molar-refractivity contribution in [1.29, 1.82) is 0 Å². The zero-order chi connectivity index (χ0) is 14.5. The van der Waals surface area contributed by atoms with Crippen LogP contribution in [-0.2, 0) is 11.3 Å². The first-order valence-electron chi connectivity index (χ1n) is 6.07. The average molecular weight is 358 g/mol. The van der Waals surface area contributed by atoms with E-state index in [0.29, 0.717) is 35.8 Å². The molecule has 0 spiro atoms. The third-order valence-corrected chi connectivity index (χ3v) is 3.38. The average Bonchev–Trinajstić information content (AvgIpc) is 2.79. The number of carbonyl (C=O) groups excluding carboxylic acids is 1. The van der Waals surface area contributed by atoms with Gasteiger partial charge in [-0.2, -0.15) is 5.10 Å². The van der Waals surface area contributed by atoms with Gasteiger partial charge >= 0.3 is 0 Å². The topological polar surface area (TPSA) is 72.9 Å². The van der Waals surface area contributed by atoms with E-state index in [1.807, 2.05) is 6.20 Å². The van der Waals surface area contributed by atoms with Gasteiger partial charge in [-0.25, -0.2) is 0 Å². The molecule has 0 saturated heterocycles. The summed E-state index contributed by atoms with van der Waals surface area (Å²) in [5.74, 6) is -0.0807. The number of aromatic nitrogens is 2. The van der Waals surface area contributed by atoms with Gasteiger partial charge in [0.15, 0.2) is 0 Å². The number of rotatable bonds is 5. The molecule has 0 aliphatic heterocycles. The largest absolute Gasteiger partial charge is 0.399 e. The van der Waals surface area contributed by atoms with Crippen LogP contribution in [-0.4, -0.2) is 15.7 Å². The molecule has 1 heterocycles. The number of nitrogens with zero attached hydrogens (tertiary/aromatic N) is 2. The molecule has 2 rings (SSSR count).